The zero-order chi connectivity index (χ0) is 26.6. The highest BCUT2D eigenvalue weighted by Gasteiger charge is 2.26. The Balaban J connectivity index is 0.00000343. The van der Waals surface area contributed by atoms with Gasteiger partial charge in [0.25, 0.3) is 0 Å². The van der Waals surface area contributed by atoms with Crippen LogP contribution >= 0.6 is 0 Å². The van der Waals surface area contributed by atoms with Gasteiger partial charge in [0.2, 0.25) is 0 Å². The highest BCUT2D eigenvalue weighted by molar-refractivity contribution is 5.94. The monoisotopic (exact) mass is 479 g/mol. The van der Waals surface area contributed by atoms with Crippen LogP contribution in [0.4, 0.5) is 4.39 Å². The number of hydrogen-bond donors (Lipinski definition) is 1. The van der Waals surface area contributed by atoms with E-state index in [0.29, 0.717) is 24.1 Å². The Labute approximate surface area is 208 Å². The van der Waals surface area contributed by atoms with Crippen molar-refractivity contribution in [3.8, 4) is 0 Å². The van der Waals surface area contributed by atoms with E-state index in [-0.39, 0.29) is 54.0 Å². The van der Waals surface area contributed by atoms with Gasteiger partial charge in [-0.05, 0) is 63.5 Å². The number of nitrogens with zero attached hydrogens (tertiary/aromatic N) is 1. The highest BCUT2D eigenvalue weighted by atomic mass is 19.1. The summed E-state index contributed by atoms with van der Waals surface area (Å²) in [6.45, 7) is 22.5. The van der Waals surface area contributed by atoms with Crippen molar-refractivity contribution in [2.45, 2.75) is 114 Å². The van der Waals surface area contributed by atoms with Crippen LogP contribution in [0.1, 0.15) is 117 Å². The van der Waals surface area contributed by atoms with Crippen molar-refractivity contribution < 1.29 is 19.0 Å². The first kappa shape index (κ1) is 32.4. The summed E-state index contributed by atoms with van der Waals surface area (Å²) in [5.41, 5.74) is 2.36. The first-order valence-electron chi connectivity index (χ1n) is 12.8. The van der Waals surface area contributed by atoms with Gasteiger partial charge < -0.3 is 9.84 Å². The van der Waals surface area contributed by atoms with Crippen molar-refractivity contribution in [1.29, 1.82) is 0 Å². The summed E-state index contributed by atoms with van der Waals surface area (Å²) in [6.07, 6.45) is 4.49. The summed E-state index contributed by atoms with van der Waals surface area (Å²) in [5, 5.41) is 9.76. The van der Waals surface area contributed by atoms with Gasteiger partial charge >= 0.3 is 0 Å². The van der Waals surface area contributed by atoms with E-state index >= 15 is 0 Å². The second-order valence-electron chi connectivity index (χ2n) is 10.9. The molecule has 0 bridgehead atoms. The Kier molecular flexibility index (Phi) is 14.7. The molecule has 0 saturated carbocycles. The maximum Gasteiger partial charge on any atom is 0.184 e. The Morgan fingerprint density at radius 2 is 1.76 bits per heavy atom. The number of aromatic nitrogens is 1. The molecule has 1 aromatic rings. The van der Waals surface area contributed by atoms with Crippen molar-refractivity contribution >= 4 is 11.9 Å². The lowest BCUT2D eigenvalue weighted by Gasteiger charge is -2.30. The van der Waals surface area contributed by atoms with Gasteiger partial charge in [0.15, 0.2) is 11.6 Å². The number of hydrogen-bond acceptors (Lipinski definition) is 4. The van der Waals surface area contributed by atoms with Crippen molar-refractivity contribution in [1.82, 2.24) is 4.98 Å². The molecule has 2 atom stereocenters. The number of halogens is 1. The van der Waals surface area contributed by atoms with Crippen molar-refractivity contribution in [2.75, 3.05) is 6.61 Å². The maximum atomic E-state index is 14.7. The molecule has 34 heavy (non-hydrogen) atoms. The lowest BCUT2D eigenvalue weighted by molar-refractivity contribution is -0.0573. The molecule has 0 amide bonds. The number of pyridine rings is 1. The van der Waals surface area contributed by atoms with Crippen molar-refractivity contribution in [3.63, 3.8) is 0 Å². The van der Waals surface area contributed by atoms with Gasteiger partial charge in [0.05, 0.1) is 12.2 Å². The highest BCUT2D eigenvalue weighted by Crippen LogP contribution is 2.28. The lowest BCUT2D eigenvalue weighted by atomic mass is 9.86. The van der Waals surface area contributed by atoms with Crippen LogP contribution in [0, 0.1) is 30.0 Å². The van der Waals surface area contributed by atoms with Gasteiger partial charge in [0.1, 0.15) is 5.69 Å². The molecule has 5 heteroatoms. The Hall–Kier alpha value is -1.59. The maximum absolute atomic E-state index is 14.7. The molecule has 0 aliphatic rings. The summed E-state index contributed by atoms with van der Waals surface area (Å²) < 4.78 is 20.7. The topological polar surface area (TPSA) is 59.4 Å². The molecule has 1 rings (SSSR count). The molecule has 0 radical (unpaired) electrons. The third kappa shape index (κ3) is 11.2. The molecule has 196 valence electrons. The molecular weight excluding hydrogens is 429 g/mol. The average Bonchev–Trinajstić information content (AvgIpc) is 2.69. The largest absolute Gasteiger partial charge is 0.396 e. The van der Waals surface area contributed by atoms with Gasteiger partial charge in [-0.25, -0.2) is 9.37 Å². The van der Waals surface area contributed by atoms with Crippen LogP contribution in [0.3, 0.4) is 0 Å². The third-order valence-corrected chi connectivity index (χ3v) is 5.91. The number of Topliss-reactive ketones (excluding diaryl/α,β-unsaturated/α-hetero) is 1. The Bertz CT molecular complexity index is 778. The number of aliphatic hydroxyl groups excluding tert-OH is 1. The SMILES string of the molecule is C/C(=C\c1cc(F)c(C(=O)CCCC(OC(C)C)C(CO)C(C)C)nc1C)C(C)(C)C.CCC. The van der Waals surface area contributed by atoms with Crippen LogP contribution < -0.4 is 0 Å². The van der Waals surface area contributed by atoms with Crippen LogP contribution in [0.2, 0.25) is 0 Å². The van der Waals surface area contributed by atoms with Crippen LogP contribution in [-0.2, 0) is 4.74 Å². The quantitative estimate of drug-likeness (QED) is 0.329. The van der Waals surface area contributed by atoms with E-state index in [1.807, 2.05) is 26.8 Å². The van der Waals surface area contributed by atoms with Crippen LogP contribution in [0.25, 0.3) is 6.08 Å². The molecule has 0 fully saturated rings. The van der Waals surface area contributed by atoms with E-state index in [4.69, 9.17) is 4.74 Å². The van der Waals surface area contributed by atoms with E-state index in [0.717, 1.165) is 5.57 Å². The van der Waals surface area contributed by atoms with Gasteiger partial charge in [-0.15, -0.1) is 0 Å². The molecule has 0 spiro atoms. The van der Waals surface area contributed by atoms with E-state index < -0.39 is 5.82 Å². The zero-order valence-electron chi connectivity index (χ0n) is 23.6. The number of allylic oxidation sites excluding steroid dienone is 1. The Morgan fingerprint density at radius 1 is 1.21 bits per heavy atom. The molecule has 0 saturated heterocycles. The number of aliphatic hydroxyl groups is 1. The standard InChI is InChI=1S/C26H42FNO3.C3H8/c1-16(2)21(15-29)24(31-17(3)4)12-10-11-23(30)25-22(27)14-20(19(6)28-25)13-18(5)26(7,8)9;1-3-2/h13-14,16-17,21,24,29H,10-12,15H2,1-9H3;3H2,1-2H3/b18-13+;. The number of rotatable bonds is 11. The molecular formula is C29H50FNO3. The molecule has 1 heterocycles. The second kappa shape index (κ2) is 15.4. The average molecular weight is 480 g/mol. The number of ether oxygens (including phenoxy) is 1. The summed E-state index contributed by atoms with van der Waals surface area (Å²) in [5.74, 6) is -0.596. The summed E-state index contributed by atoms with van der Waals surface area (Å²) >= 11 is 0. The fourth-order valence-electron chi connectivity index (χ4n) is 3.46. The van der Waals surface area contributed by atoms with Gasteiger partial charge in [-0.2, -0.15) is 0 Å². The smallest absolute Gasteiger partial charge is 0.184 e. The van der Waals surface area contributed by atoms with Crippen molar-refractivity contribution in [2.24, 2.45) is 17.3 Å². The van der Waals surface area contributed by atoms with E-state index in [1.54, 1.807) is 6.92 Å². The van der Waals surface area contributed by atoms with Gasteiger partial charge in [-0.3, -0.25) is 4.79 Å². The Morgan fingerprint density at radius 3 is 2.21 bits per heavy atom. The van der Waals surface area contributed by atoms with Gasteiger partial charge in [0, 0.05) is 24.6 Å². The fraction of sp³-hybridized carbons (Fsp3) is 0.724. The zero-order valence-corrected chi connectivity index (χ0v) is 23.6. The minimum atomic E-state index is -0.575. The molecule has 0 aromatic carbocycles. The summed E-state index contributed by atoms with van der Waals surface area (Å²) in [7, 11) is 0. The number of ketones is 1. The van der Waals surface area contributed by atoms with Crippen molar-refractivity contribution in [3.05, 3.63) is 34.4 Å². The molecule has 1 aromatic heterocycles. The fourth-order valence-corrected chi connectivity index (χ4v) is 3.46. The van der Waals surface area contributed by atoms with E-state index in [9.17, 15) is 14.3 Å². The second-order valence-corrected chi connectivity index (χ2v) is 10.9. The summed E-state index contributed by atoms with van der Waals surface area (Å²) in [4.78, 5) is 17.0. The van der Waals surface area contributed by atoms with E-state index in [1.165, 1.54) is 12.5 Å². The lowest BCUT2D eigenvalue weighted by Crippen LogP contribution is -2.33. The normalized spacial score (nSPS) is 14.1. The predicted molar refractivity (Wildman–Crippen MR) is 142 cm³/mol. The third-order valence-electron chi connectivity index (χ3n) is 5.91. The molecule has 0 aliphatic heterocycles. The molecule has 1 N–H and O–H groups in total. The van der Waals surface area contributed by atoms with Crippen LogP contribution in [0.5, 0.6) is 0 Å². The first-order chi connectivity index (χ1) is 15.7. The van der Waals surface area contributed by atoms with Crippen LogP contribution in [0.15, 0.2) is 11.6 Å². The summed E-state index contributed by atoms with van der Waals surface area (Å²) in [6, 6.07) is 1.41. The molecule has 0 aliphatic carbocycles. The minimum Gasteiger partial charge on any atom is -0.396 e. The number of carbonyl (C=O) groups is 1. The molecule has 4 nitrogen and oxygen atoms in total. The molecule has 2 unspecified atom stereocenters. The predicted octanol–water partition coefficient (Wildman–Crippen LogP) is 7.81. The number of aryl methyl sites for hydroxylation is 1. The van der Waals surface area contributed by atoms with Crippen LogP contribution in [-0.4, -0.2) is 34.7 Å². The first-order valence-corrected chi connectivity index (χ1v) is 12.8. The van der Waals surface area contributed by atoms with E-state index in [2.05, 4.69) is 53.5 Å². The minimum absolute atomic E-state index is 0.00624. The number of carbonyl (C=O) groups excluding carboxylic acids is 1. The van der Waals surface area contributed by atoms with Gasteiger partial charge in [-0.1, -0.05) is 66.5 Å².